The van der Waals surface area contributed by atoms with E-state index in [1.165, 1.54) is 5.69 Å². The maximum Gasteiger partial charge on any atom is 0.167 e. The molecule has 0 atom stereocenters. The monoisotopic (exact) mass is 320 g/mol. The minimum atomic E-state index is 0.855. The van der Waals surface area contributed by atoms with Crippen LogP contribution in [-0.2, 0) is 6.54 Å². The van der Waals surface area contributed by atoms with Crippen molar-refractivity contribution in [2.45, 2.75) is 6.54 Å². The van der Waals surface area contributed by atoms with E-state index in [0.717, 1.165) is 49.7 Å². The molecule has 0 bridgehead atoms. The molecule has 1 aromatic heterocycles. The van der Waals surface area contributed by atoms with Crippen molar-refractivity contribution >= 4 is 5.69 Å². The van der Waals surface area contributed by atoms with Crippen LogP contribution in [0, 0.1) is 0 Å². The summed E-state index contributed by atoms with van der Waals surface area (Å²) in [5, 5.41) is 4.25. The minimum absolute atomic E-state index is 0.855. The molecule has 0 spiro atoms. The van der Waals surface area contributed by atoms with Crippen LogP contribution < -0.4 is 9.80 Å². The first kappa shape index (κ1) is 15.0. The summed E-state index contributed by atoms with van der Waals surface area (Å²) in [6.07, 6.45) is 0. The molecule has 0 saturated carbocycles. The van der Waals surface area contributed by atoms with E-state index >= 15 is 0 Å². The van der Waals surface area contributed by atoms with Gasteiger partial charge in [-0.1, -0.05) is 53.7 Å². The number of hydrogen-bond acceptors (Lipinski definition) is 3. The third-order valence-electron chi connectivity index (χ3n) is 4.64. The van der Waals surface area contributed by atoms with Crippen molar-refractivity contribution in [1.29, 1.82) is 0 Å². The molecule has 2 heterocycles. The van der Waals surface area contributed by atoms with Gasteiger partial charge in [-0.05, 0) is 12.1 Å². The molecule has 1 saturated heterocycles. The van der Waals surface area contributed by atoms with Crippen LogP contribution in [0.25, 0.3) is 11.3 Å². The molecule has 2 aromatic carbocycles. The van der Waals surface area contributed by atoms with Crippen LogP contribution in [0.15, 0.2) is 71.3 Å². The Labute approximate surface area is 142 Å². The van der Waals surface area contributed by atoms with Gasteiger partial charge >= 0.3 is 0 Å². The first-order valence-corrected chi connectivity index (χ1v) is 8.53. The fourth-order valence-electron chi connectivity index (χ4n) is 3.29. The molecular weight excluding hydrogens is 298 g/mol. The van der Waals surface area contributed by atoms with E-state index < -0.39 is 0 Å². The fraction of sp³-hybridized carbons (Fsp3) is 0.250. The molecule has 4 heteroatoms. The summed E-state index contributed by atoms with van der Waals surface area (Å²) in [5.74, 6) is 0.855. The third kappa shape index (κ3) is 3.34. The lowest BCUT2D eigenvalue weighted by molar-refractivity contribution is -0.914. The molecule has 0 radical (unpaired) electrons. The van der Waals surface area contributed by atoms with Gasteiger partial charge in [-0.3, -0.25) is 0 Å². The molecule has 0 amide bonds. The number of quaternary nitrogens is 1. The van der Waals surface area contributed by atoms with Crippen molar-refractivity contribution in [3.8, 4) is 11.3 Å². The summed E-state index contributed by atoms with van der Waals surface area (Å²) < 4.78 is 5.51. The zero-order valence-corrected chi connectivity index (χ0v) is 13.7. The average molecular weight is 320 g/mol. The van der Waals surface area contributed by atoms with E-state index in [9.17, 15) is 0 Å². The van der Waals surface area contributed by atoms with Gasteiger partial charge in [0, 0.05) is 17.3 Å². The normalized spacial score (nSPS) is 15.6. The average Bonchev–Trinajstić information content (AvgIpc) is 3.12. The van der Waals surface area contributed by atoms with Crippen LogP contribution >= 0.6 is 0 Å². The van der Waals surface area contributed by atoms with Crippen molar-refractivity contribution < 1.29 is 9.42 Å². The maximum absolute atomic E-state index is 5.51. The van der Waals surface area contributed by atoms with E-state index in [1.807, 2.05) is 18.2 Å². The Morgan fingerprint density at radius 2 is 1.58 bits per heavy atom. The molecule has 4 rings (SSSR count). The molecule has 24 heavy (non-hydrogen) atoms. The molecule has 122 valence electrons. The second kappa shape index (κ2) is 6.89. The standard InChI is InChI=1S/C20H21N3O/c1-3-7-17(8-4-1)20-15-18(21-24-20)16-22-11-13-23(14-12-22)19-9-5-2-6-10-19/h1-10,15H,11-14,16H2/p+1. The second-order valence-electron chi connectivity index (χ2n) is 6.30. The first-order valence-electron chi connectivity index (χ1n) is 8.53. The van der Waals surface area contributed by atoms with Gasteiger partial charge in [-0.25, -0.2) is 0 Å². The van der Waals surface area contributed by atoms with Crippen LogP contribution in [-0.4, -0.2) is 31.3 Å². The summed E-state index contributed by atoms with van der Waals surface area (Å²) in [6, 6.07) is 22.9. The summed E-state index contributed by atoms with van der Waals surface area (Å²) in [6.45, 7) is 5.36. The second-order valence-corrected chi connectivity index (χ2v) is 6.30. The zero-order valence-electron chi connectivity index (χ0n) is 13.7. The molecule has 0 aliphatic carbocycles. The number of aromatic nitrogens is 1. The molecular formula is C20H22N3O+. The number of benzene rings is 2. The molecule has 1 fully saturated rings. The van der Waals surface area contributed by atoms with Gasteiger partial charge in [-0.2, -0.15) is 0 Å². The van der Waals surface area contributed by atoms with Gasteiger partial charge in [0.15, 0.2) is 5.76 Å². The predicted octanol–water partition coefficient (Wildman–Crippen LogP) is 2.25. The number of para-hydroxylation sites is 1. The fourth-order valence-corrected chi connectivity index (χ4v) is 3.29. The molecule has 1 N–H and O–H groups in total. The van der Waals surface area contributed by atoms with E-state index in [1.54, 1.807) is 4.90 Å². The van der Waals surface area contributed by atoms with Crippen LogP contribution in [0.3, 0.4) is 0 Å². The number of anilines is 1. The highest BCUT2D eigenvalue weighted by atomic mass is 16.5. The maximum atomic E-state index is 5.51. The SMILES string of the molecule is c1ccc(-c2cc(C[NH+]3CCN(c4ccccc4)CC3)no2)cc1. The largest absolute Gasteiger partial charge is 0.360 e. The summed E-state index contributed by atoms with van der Waals surface area (Å²) in [4.78, 5) is 4.02. The molecule has 3 aromatic rings. The van der Waals surface area contributed by atoms with Crippen molar-refractivity contribution in [2.75, 3.05) is 31.1 Å². The highest BCUT2D eigenvalue weighted by Gasteiger charge is 2.21. The lowest BCUT2D eigenvalue weighted by atomic mass is 10.1. The van der Waals surface area contributed by atoms with Gasteiger partial charge in [-0.15, -0.1) is 0 Å². The number of nitrogens with one attached hydrogen (secondary N) is 1. The number of nitrogens with zero attached hydrogens (tertiary/aromatic N) is 2. The third-order valence-corrected chi connectivity index (χ3v) is 4.64. The van der Waals surface area contributed by atoms with Crippen molar-refractivity contribution in [3.05, 3.63) is 72.4 Å². The Morgan fingerprint density at radius 1 is 0.917 bits per heavy atom. The van der Waals surface area contributed by atoms with E-state index in [2.05, 4.69) is 58.6 Å². The molecule has 1 aliphatic rings. The number of piperazine rings is 1. The molecule has 0 unspecified atom stereocenters. The highest BCUT2D eigenvalue weighted by molar-refractivity contribution is 5.56. The van der Waals surface area contributed by atoms with Crippen LogP contribution in [0.2, 0.25) is 0 Å². The summed E-state index contributed by atoms with van der Waals surface area (Å²) >= 11 is 0. The van der Waals surface area contributed by atoms with Gasteiger partial charge in [0.25, 0.3) is 0 Å². The van der Waals surface area contributed by atoms with Crippen LogP contribution in [0.4, 0.5) is 5.69 Å². The van der Waals surface area contributed by atoms with Gasteiger partial charge in [0.2, 0.25) is 0 Å². The van der Waals surface area contributed by atoms with E-state index in [4.69, 9.17) is 4.52 Å². The van der Waals surface area contributed by atoms with Gasteiger partial charge in [0.1, 0.15) is 12.2 Å². The minimum Gasteiger partial charge on any atom is -0.360 e. The van der Waals surface area contributed by atoms with Gasteiger partial charge in [0.05, 0.1) is 26.2 Å². The van der Waals surface area contributed by atoms with Crippen molar-refractivity contribution in [2.24, 2.45) is 0 Å². The van der Waals surface area contributed by atoms with Crippen molar-refractivity contribution in [1.82, 2.24) is 5.16 Å². The Balaban J connectivity index is 1.35. The Bertz CT molecular complexity index is 762. The van der Waals surface area contributed by atoms with E-state index in [-0.39, 0.29) is 0 Å². The van der Waals surface area contributed by atoms with Crippen LogP contribution in [0.1, 0.15) is 5.69 Å². The Kier molecular flexibility index (Phi) is 4.30. The summed E-state index contributed by atoms with van der Waals surface area (Å²) in [5.41, 5.74) is 3.45. The Morgan fingerprint density at radius 3 is 2.29 bits per heavy atom. The first-order chi connectivity index (χ1) is 11.9. The predicted molar refractivity (Wildman–Crippen MR) is 95.0 cm³/mol. The van der Waals surface area contributed by atoms with Crippen LogP contribution in [0.5, 0.6) is 0 Å². The quantitative estimate of drug-likeness (QED) is 0.800. The van der Waals surface area contributed by atoms with E-state index in [0.29, 0.717) is 0 Å². The number of hydrogen-bond donors (Lipinski definition) is 1. The molecule has 1 aliphatic heterocycles. The Hall–Kier alpha value is -2.59. The lowest BCUT2D eigenvalue weighted by Crippen LogP contribution is -3.13. The smallest absolute Gasteiger partial charge is 0.167 e. The highest BCUT2D eigenvalue weighted by Crippen LogP contribution is 2.19. The summed E-state index contributed by atoms with van der Waals surface area (Å²) in [7, 11) is 0. The lowest BCUT2D eigenvalue weighted by Gasteiger charge is -2.33. The topological polar surface area (TPSA) is 33.7 Å². The van der Waals surface area contributed by atoms with Gasteiger partial charge < -0.3 is 14.3 Å². The molecule has 4 nitrogen and oxygen atoms in total. The zero-order chi connectivity index (χ0) is 16.2. The number of rotatable bonds is 4. The van der Waals surface area contributed by atoms with Crippen molar-refractivity contribution in [3.63, 3.8) is 0 Å².